The van der Waals surface area contributed by atoms with E-state index < -0.39 is 5.91 Å². The molecule has 2 amide bonds. The smallest absolute Gasteiger partial charge is 0.255 e. The lowest BCUT2D eigenvalue weighted by Crippen LogP contribution is -2.14. The van der Waals surface area contributed by atoms with Gasteiger partial charge in [-0.25, -0.2) is 0 Å². The number of amides is 2. The van der Waals surface area contributed by atoms with Crippen molar-refractivity contribution in [1.82, 2.24) is 0 Å². The molecule has 2 aromatic rings. The Kier molecular flexibility index (Phi) is 3.87. The number of benzene rings is 2. The predicted molar refractivity (Wildman–Crippen MR) is 76.6 cm³/mol. The van der Waals surface area contributed by atoms with Gasteiger partial charge in [-0.2, -0.15) is 0 Å². The Labute approximate surface area is 116 Å². The zero-order chi connectivity index (χ0) is 13.8. The Balaban J connectivity index is 2.19. The second-order valence-corrected chi connectivity index (χ2v) is 4.47. The zero-order valence-electron chi connectivity index (χ0n) is 9.96. The van der Waals surface area contributed by atoms with Crippen LogP contribution in [0.1, 0.15) is 20.7 Å². The summed E-state index contributed by atoms with van der Waals surface area (Å²) in [7, 11) is 0. The van der Waals surface area contributed by atoms with Gasteiger partial charge in [0.05, 0.1) is 0 Å². The number of nitrogens with two attached hydrogens (primary N) is 1. The lowest BCUT2D eigenvalue weighted by Gasteiger charge is -2.06. The van der Waals surface area contributed by atoms with Gasteiger partial charge >= 0.3 is 0 Å². The van der Waals surface area contributed by atoms with Gasteiger partial charge in [0, 0.05) is 21.7 Å². The van der Waals surface area contributed by atoms with Crippen molar-refractivity contribution in [2.45, 2.75) is 4.90 Å². The first kappa shape index (κ1) is 13.2. The maximum Gasteiger partial charge on any atom is 0.255 e. The molecule has 4 nitrogen and oxygen atoms in total. The molecular weight excluding hydrogens is 260 g/mol. The lowest BCUT2D eigenvalue weighted by molar-refractivity contribution is 0.0996. The molecule has 0 heterocycles. The van der Waals surface area contributed by atoms with Crippen LogP contribution < -0.4 is 11.1 Å². The van der Waals surface area contributed by atoms with Gasteiger partial charge in [0.25, 0.3) is 5.91 Å². The fourth-order valence-electron chi connectivity index (χ4n) is 1.60. The monoisotopic (exact) mass is 272 g/mol. The van der Waals surface area contributed by atoms with Gasteiger partial charge in [0.2, 0.25) is 5.91 Å². The van der Waals surface area contributed by atoms with E-state index in [-0.39, 0.29) is 5.91 Å². The van der Waals surface area contributed by atoms with E-state index in [1.807, 2.05) is 0 Å². The molecule has 0 radical (unpaired) electrons. The molecule has 0 atom stereocenters. The largest absolute Gasteiger partial charge is 0.366 e. The van der Waals surface area contributed by atoms with Crippen molar-refractivity contribution in [2.24, 2.45) is 5.73 Å². The van der Waals surface area contributed by atoms with Crippen molar-refractivity contribution in [3.05, 3.63) is 59.7 Å². The summed E-state index contributed by atoms with van der Waals surface area (Å²) >= 11 is 4.18. The molecule has 3 N–H and O–H groups in total. The first-order valence-corrected chi connectivity index (χ1v) is 6.01. The summed E-state index contributed by atoms with van der Waals surface area (Å²) in [5.41, 5.74) is 6.55. The maximum absolute atomic E-state index is 12.0. The van der Waals surface area contributed by atoms with E-state index in [1.165, 1.54) is 6.07 Å². The third-order valence-corrected chi connectivity index (χ3v) is 2.79. The molecule has 0 unspecified atom stereocenters. The summed E-state index contributed by atoms with van der Waals surface area (Å²) in [5, 5.41) is 2.70. The topological polar surface area (TPSA) is 72.2 Å². The van der Waals surface area contributed by atoms with E-state index >= 15 is 0 Å². The molecule has 0 saturated heterocycles. The van der Waals surface area contributed by atoms with Crippen molar-refractivity contribution in [3.8, 4) is 0 Å². The third-order valence-electron chi connectivity index (χ3n) is 2.51. The molecule has 0 spiro atoms. The minimum Gasteiger partial charge on any atom is -0.366 e. The quantitative estimate of drug-likeness (QED) is 0.750. The molecule has 0 aliphatic carbocycles. The number of rotatable bonds is 3. The Morgan fingerprint density at radius 1 is 1.00 bits per heavy atom. The van der Waals surface area contributed by atoms with Crippen LogP contribution in [0.3, 0.4) is 0 Å². The SMILES string of the molecule is NC(=O)c1cccc(NC(=O)c2cccc(S)c2)c1. The highest BCUT2D eigenvalue weighted by molar-refractivity contribution is 7.80. The van der Waals surface area contributed by atoms with E-state index in [4.69, 9.17) is 5.73 Å². The highest BCUT2D eigenvalue weighted by Crippen LogP contribution is 2.14. The number of anilines is 1. The molecular formula is C14H12N2O2S. The summed E-state index contributed by atoms with van der Waals surface area (Å²) in [6.07, 6.45) is 0. The van der Waals surface area contributed by atoms with Crippen molar-refractivity contribution >= 4 is 30.1 Å². The Bertz CT molecular complexity index is 641. The number of hydrogen-bond donors (Lipinski definition) is 3. The van der Waals surface area contributed by atoms with Crippen LogP contribution in [0.5, 0.6) is 0 Å². The fraction of sp³-hybridized carbons (Fsp3) is 0. The van der Waals surface area contributed by atoms with Gasteiger partial charge in [-0.1, -0.05) is 12.1 Å². The molecule has 0 aromatic heterocycles. The van der Waals surface area contributed by atoms with Gasteiger partial charge < -0.3 is 11.1 Å². The van der Waals surface area contributed by atoms with Gasteiger partial charge in [0.1, 0.15) is 0 Å². The van der Waals surface area contributed by atoms with E-state index in [0.717, 1.165) is 0 Å². The van der Waals surface area contributed by atoms with Gasteiger partial charge in [-0.05, 0) is 36.4 Å². The summed E-state index contributed by atoms with van der Waals surface area (Å²) in [6.45, 7) is 0. The van der Waals surface area contributed by atoms with Crippen LogP contribution in [0, 0.1) is 0 Å². The van der Waals surface area contributed by atoms with Crippen LogP contribution in [0.25, 0.3) is 0 Å². The maximum atomic E-state index is 12.0. The van der Waals surface area contributed by atoms with Gasteiger partial charge in [0.15, 0.2) is 0 Å². The molecule has 19 heavy (non-hydrogen) atoms. The van der Waals surface area contributed by atoms with Crippen molar-refractivity contribution in [1.29, 1.82) is 0 Å². The predicted octanol–water partition coefficient (Wildman–Crippen LogP) is 2.33. The van der Waals surface area contributed by atoms with Crippen LogP contribution in [0.2, 0.25) is 0 Å². The van der Waals surface area contributed by atoms with Crippen LogP contribution >= 0.6 is 12.6 Å². The second kappa shape index (κ2) is 5.58. The first-order chi connectivity index (χ1) is 9.06. The minimum absolute atomic E-state index is 0.266. The highest BCUT2D eigenvalue weighted by atomic mass is 32.1. The number of nitrogens with one attached hydrogen (secondary N) is 1. The van der Waals surface area contributed by atoms with Crippen molar-refractivity contribution in [3.63, 3.8) is 0 Å². The molecule has 0 bridgehead atoms. The average Bonchev–Trinajstić information content (AvgIpc) is 2.39. The standard InChI is InChI=1S/C14H12N2O2S/c15-13(17)9-3-1-5-11(7-9)16-14(18)10-4-2-6-12(19)8-10/h1-8,19H,(H2,15,17)(H,16,18). The number of primary amides is 1. The van der Waals surface area contributed by atoms with Gasteiger partial charge in [-0.3, -0.25) is 9.59 Å². The van der Waals surface area contributed by atoms with E-state index in [0.29, 0.717) is 21.7 Å². The molecule has 96 valence electrons. The number of thiol groups is 1. The molecule has 0 aliphatic rings. The van der Waals surface area contributed by atoms with E-state index in [2.05, 4.69) is 17.9 Å². The zero-order valence-corrected chi connectivity index (χ0v) is 10.9. The summed E-state index contributed by atoms with van der Waals surface area (Å²) in [4.78, 5) is 23.7. The minimum atomic E-state index is -0.534. The van der Waals surface area contributed by atoms with Crippen molar-refractivity contribution in [2.75, 3.05) is 5.32 Å². The summed E-state index contributed by atoms with van der Waals surface area (Å²) in [5.74, 6) is -0.800. The number of carbonyl (C=O) groups excluding carboxylic acids is 2. The first-order valence-electron chi connectivity index (χ1n) is 5.56. The van der Waals surface area contributed by atoms with Crippen LogP contribution in [-0.2, 0) is 0 Å². The number of carbonyl (C=O) groups is 2. The van der Waals surface area contributed by atoms with E-state index in [9.17, 15) is 9.59 Å². The lowest BCUT2D eigenvalue weighted by atomic mass is 10.1. The van der Waals surface area contributed by atoms with Crippen LogP contribution in [-0.4, -0.2) is 11.8 Å². The molecule has 5 heteroatoms. The van der Waals surface area contributed by atoms with Crippen LogP contribution in [0.4, 0.5) is 5.69 Å². The Hall–Kier alpha value is -2.27. The molecule has 0 fully saturated rings. The van der Waals surface area contributed by atoms with Gasteiger partial charge in [-0.15, -0.1) is 12.6 Å². The Morgan fingerprint density at radius 2 is 1.68 bits per heavy atom. The molecule has 2 aromatic carbocycles. The highest BCUT2D eigenvalue weighted by Gasteiger charge is 2.07. The van der Waals surface area contributed by atoms with E-state index in [1.54, 1.807) is 42.5 Å². The average molecular weight is 272 g/mol. The third kappa shape index (κ3) is 3.35. The summed E-state index contributed by atoms with van der Waals surface area (Å²) in [6, 6.07) is 13.4. The van der Waals surface area contributed by atoms with Crippen molar-refractivity contribution < 1.29 is 9.59 Å². The molecule has 0 aliphatic heterocycles. The fourth-order valence-corrected chi connectivity index (χ4v) is 1.83. The van der Waals surface area contributed by atoms with Crippen LogP contribution in [0.15, 0.2) is 53.4 Å². The second-order valence-electron chi connectivity index (χ2n) is 3.95. The summed E-state index contributed by atoms with van der Waals surface area (Å²) < 4.78 is 0. The molecule has 2 rings (SSSR count). The molecule has 0 saturated carbocycles. The number of hydrogen-bond acceptors (Lipinski definition) is 3. The Morgan fingerprint density at radius 3 is 2.37 bits per heavy atom. The normalized spacial score (nSPS) is 9.95.